The lowest BCUT2D eigenvalue weighted by Gasteiger charge is -2.32. The van der Waals surface area contributed by atoms with E-state index in [-0.39, 0.29) is 5.92 Å². The molecule has 3 aliphatic rings. The van der Waals surface area contributed by atoms with Crippen LogP contribution in [0.2, 0.25) is 0 Å². The summed E-state index contributed by atoms with van der Waals surface area (Å²) in [6, 6.07) is 62.0. The van der Waals surface area contributed by atoms with E-state index in [2.05, 4.69) is 228 Å². The second-order valence-electron chi connectivity index (χ2n) is 15.5. The Morgan fingerprint density at radius 1 is 0.431 bits per heavy atom. The standard InChI is InChI=1S/C56H46N2/c1-4-14-41(15-5-1)43-26-33-50(34-27-43)57(48-20-6-2-7-21-48)51-35-29-44(30-36-51)54-24-12-18-46-19-13-25-55(56(46)54)45-31-37-52(38-32-45)58(49-22-8-3-9-23-49)53-39-28-42-16-10-11-17-47(42)40-53/h1,3-6,8-24,26-29,31-40,44,55H,2,7,25,30H2. The zero-order chi connectivity index (χ0) is 38.7. The van der Waals surface area contributed by atoms with Gasteiger partial charge in [0, 0.05) is 46.0 Å². The summed E-state index contributed by atoms with van der Waals surface area (Å²) in [7, 11) is 0. The van der Waals surface area contributed by atoms with Crippen LogP contribution in [0.4, 0.5) is 22.7 Å². The molecule has 0 saturated carbocycles. The van der Waals surface area contributed by atoms with Crippen molar-refractivity contribution in [1.29, 1.82) is 0 Å². The van der Waals surface area contributed by atoms with Crippen LogP contribution in [0.25, 0.3) is 28.0 Å². The van der Waals surface area contributed by atoms with Gasteiger partial charge in [-0.05, 0) is 131 Å². The lowest BCUT2D eigenvalue weighted by molar-refractivity contribution is 0.762. The first-order valence-electron chi connectivity index (χ1n) is 20.7. The molecule has 0 aliphatic heterocycles. The summed E-state index contributed by atoms with van der Waals surface area (Å²) in [5, 5.41) is 2.49. The molecule has 0 amide bonds. The molecule has 0 radical (unpaired) electrons. The Balaban J connectivity index is 0.944. The Kier molecular flexibility index (Phi) is 9.75. The van der Waals surface area contributed by atoms with Gasteiger partial charge in [0.15, 0.2) is 0 Å². The van der Waals surface area contributed by atoms with Crippen molar-refractivity contribution in [2.45, 2.75) is 37.5 Å². The van der Waals surface area contributed by atoms with Crippen LogP contribution in [-0.2, 0) is 0 Å². The lowest BCUT2D eigenvalue weighted by atomic mass is 9.76. The number of para-hydroxylation sites is 1. The summed E-state index contributed by atoms with van der Waals surface area (Å²) in [5.74, 6) is 0.582. The minimum Gasteiger partial charge on any atom is -0.311 e. The molecule has 10 rings (SSSR count). The number of nitrogens with zero attached hydrogens (tertiary/aromatic N) is 2. The van der Waals surface area contributed by atoms with Crippen molar-refractivity contribution in [2.24, 2.45) is 0 Å². The first-order chi connectivity index (χ1) is 28.8. The van der Waals surface area contributed by atoms with E-state index in [4.69, 9.17) is 0 Å². The van der Waals surface area contributed by atoms with Crippen LogP contribution in [0.15, 0.2) is 224 Å². The van der Waals surface area contributed by atoms with Crippen LogP contribution >= 0.6 is 0 Å². The van der Waals surface area contributed by atoms with Crippen molar-refractivity contribution in [2.75, 3.05) is 9.80 Å². The molecule has 7 aromatic rings. The van der Waals surface area contributed by atoms with Gasteiger partial charge in [-0.1, -0.05) is 158 Å². The maximum absolute atomic E-state index is 2.45. The minimum atomic E-state index is 0.284. The van der Waals surface area contributed by atoms with E-state index in [0.717, 1.165) is 42.7 Å². The van der Waals surface area contributed by atoms with Crippen LogP contribution in [-0.4, -0.2) is 0 Å². The molecule has 2 atom stereocenters. The van der Waals surface area contributed by atoms with E-state index < -0.39 is 0 Å². The molecule has 2 nitrogen and oxygen atoms in total. The van der Waals surface area contributed by atoms with E-state index >= 15 is 0 Å². The normalized spacial score (nSPS) is 17.0. The highest BCUT2D eigenvalue weighted by atomic mass is 15.2. The van der Waals surface area contributed by atoms with Gasteiger partial charge in [-0.2, -0.15) is 0 Å². The molecule has 280 valence electrons. The molecule has 0 fully saturated rings. The summed E-state index contributed by atoms with van der Waals surface area (Å²) in [4.78, 5) is 4.80. The molecule has 0 spiro atoms. The maximum atomic E-state index is 2.45. The lowest BCUT2D eigenvalue weighted by Crippen LogP contribution is -2.22. The van der Waals surface area contributed by atoms with Gasteiger partial charge in [-0.25, -0.2) is 0 Å². The summed E-state index contributed by atoms with van der Waals surface area (Å²) < 4.78 is 0. The quantitative estimate of drug-likeness (QED) is 0.145. The predicted molar refractivity (Wildman–Crippen MR) is 246 cm³/mol. The summed E-state index contributed by atoms with van der Waals surface area (Å²) in [5.41, 5.74) is 15.2. The van der Waals surface area contributed by atoms with E-state index in [1.807, 2.05) is 0 Å². The molecule has 0 bridgehead atoms. The second kappa shape index (κ2) is 15.9. The summed E-state index contributed by atoms with van der Waals surface area (Å²) in [6.07, 6.45) is 23.0. The second-order valence-corrected chi connectivity index (χ2v) is 15.5. The number of hydrogen-bond donors (Lipinski definition) is 0. The molecule has 3 aliphatic carbocycles. The molecule has 0 N–H and O–H groups in total. The van der Waals surface area contributed by atoms with Gasteiger partial charge in [-0.15, -0.1) is 0 Å². The number of fused-ring (bicyclic) bond motifs is 2. The number of rotatable bonds is 9. The molecule has 0 aromatic heterocycles. The molecular formula is C56H46N2. The number of anilines is 4. The minimum absolute atomic E-state index is 0.284. The zero-order valence-corrected chi connectivity index (χ0v) is 32.7. The Labute approximate surface area is 342 Å². The van der Waals surface area contributed by atoms with Gasteiger partial charge >= 0.3 is 0 Å². The van der Waals surface area contributed by atoms with Crippen LogP contribution in [0, 0.1) is 0 Å². The smallest absolute Gasteiger partial charge is 0.0468 e. The zero-order valence-electron chi connectivity index (χ0n) is 32.7. The van der Waals surface area contributed by atoms with Crippen LogP contribution in [0.1, 0.15) is 59.8 Å². The predicted octanol–water partition coefficient (Wildman–Crippen LogP) is 15.2. The average Bonchev–Trinajstić information content (AvgIpc) is 3.30. The third-order valence-corrected chi connectivity index (χ3v) is 12.0. The van der Waals surface area contributed by atoms with E-state index in [1.165, 1.54) is 61.2 Å². The molecule has 2 heteroatoms. The van der Waals surface area contributed by atoms with Gasteiger partial charge in [-0.3, -0.25) is 0 Å². The van der Waals surface area contributed by atoms with Crippen molar-refractivity contribution < 1.29 is 0 Å². The third kappa shape index (κ3) is 7.03. The van der Waals surface area contributed by atoms with Gasteiger partial charge in [0.05, 0.1) is 0 Å². The van der Waals surface area contributed by atoms with Crippen LogP contribution in [0.3, 0.4) is 0 Å². The maximum Gasteiger partial charge on any atom is 0.0468 e. The molecule has 2 unspecified atom stereocenters. The van der Waals surface area contributed by atoms with Crippen molar-refractivity contribution in [1.82, 2.24) is 0 Å². The Morgan fingerprint density at radius 3 is 1.86 bits per heavy atom. The highest BCUT2D eigenvalue weighted by molar-refractivity contribution is 5.89. The average molecular weight is 747 g/mol. The first-order valence-corrected chi connectivity index (χ1v) is 20.7. The van der Waals surface area contributed by atoms with Crippen molar-refractivity contribution in [3.8, 4) is 11.1 Å². The molecule has 58 heavy (non-hydrogen) atoms. The number of hydrogen-bond acceptors (Lipinski definition) is 2. The SMILES string of the molecule is C1=CC(N(C2=CCC(c3cccc4c3C(c3ccc(N(c5ccccc5)c5ccc6ccccc6c5)cc3)CC=C4)C=C2)c2ccc(-c3ccccc3)cc2)=CCC1. The van der Waals surface area contributed by atoms with Gasteiger partial charge in [0.25, 0.3) is 0 Å². The number of benzene rings is 7. The number of allylic oxidation sites excluding steroid dienone is 7. The largest absolute Gasteiger partial charge is 0.311 e. The molecule has 7 aromatic carbocycles. The van der Waals surface area contributed by atoms with E-state index in [1.54, 1.807) is 0 Å². The summed E-state index contributed by atoms with van der Waals surface area (Å²) >= 11 is 0. The van der Waals surface area contributed by atoms with Crippen molar-refractivity contribution in [3.63, 3.8) is 0 Å². The van der Waals surface area contributed by atoms with Crippen molar-refractivity contribution in [3.05, 3.63) is 246 Å². The Morgan fingerprint density at radius 2 is 1.10 bits per heavy atom. The van der Waals surface area contributed by atoms with Crippen LogP contribution < -0.4 is 9.80 Å². The van der Waals surface area contributed by atoms with Gasteiger partial charge in [0.1, 0.15) is 0 Å². The van der Waals surface area contributed by atoms with E-state index in [9.17, 15) is 0 Å². The third-order valence-electron chi connectivity index (χ3n) is 12.0. The highest BCUT2D eigenvalue weighted by Gasteiger charge is 2.27. The van der Waals surface area contributed by atoms with Gasteiger partial charge < -0.3 is 9.80 Å². The van der Waals surface area contributed by atoms with E-state index in [0.29, 0.717) is 5.92 Å². The molecule has 0 heterocycles. The Bertz CT molecular complexity index is 2720. The topological polar surface area (TPSA) is 6.48 Å². The van der Waals surface area contributed by atoms with Crippen molar-refractivity contribution >= 4 is 39.6 Å². The fourth-order valence-corrected chi connectivity index (χ4v) is 9.07. The fourth-order valence-electron chi connectivity index (χ4n) is 9.07. The highest BCUT2D eigenvalue weighted by Crippen LogP contribution is 2.44. The molecule has 0 saturated heterocycles. The first kappa shape index (κ1) is 35.5. The monoisotopic (exact) mass is 746 g/mol. The van der Waals surface area contributed by atoms with Crippen LogP contribution in [0.5, 0.6) is 0 Å². The molecular weight excluding hydrogens is 701 g/mol. The Hall–Kier alpha value is -6.90. The summed E-state index contributed by atoms with van der Waals surface area (Å²) in [6.45, 7) is 0. The van der Waals surface area contributed by atoms with Gasteiger partial charge in [0.2, 0.25) is 0 Å². The fraction of sp³-hybridized carbons (Fsp3) is 0.107.